The van der Waals surface area contributed by atoms with Crippen LogP contribution in [0.3, 0.4) is 0 Å². The Morgan fingerprint density at radius 3 is 2.67 bits per heavy atom. The molecule has 0 bridgehead atoms. The van der Waals surface area contributed by atoms with Crippen LogP contribution in [0.5, 0.6) is 5.75 Å². The summed E-state index contributed by atoms with van der Waals surface area (Å²) in [4.78, 5) is 20.1. The summed E-state index contributed by atoms with van der Waals surface area (Å²) in [5.74, 6) is 1.38. The Hall–Kier alpha value is -2.60. The summed E-state index contributed by atoms with van der Waals surface area (Å²) >= 11 is 0. The van der Waals surface area contributed by atoms with Crippen molar-refractivity contribution in [2.75, 3.05) is 44.9 Å². The van der Waals surface area contributed by atoms with Crippen molar-refractivity contribution in [2.45, 2.75) is 31.1 Å². The van der Waals surface area contributed by atoms with Gasteiger partial charge in [-0.3, -0.25) is 9.78 Å². The molecular weight excluding hydrogens is 378 g/mol. The van der Waals surface area contributed by atoms with Gasteiger partial charge in [0.1, 0.15) is 5.75 Å². The van der Waals surface area contributed by atoms with E-state index in [1.165, 1.54) is 5.69 Å². The van der Waals surface area contributed by atoms with Crippen molar-refractivity contribution >= 4 is 11.6 Å². The number of methoxy groups -OCH3 is 1. The van der Waals surface area contributed by atoms with Crippen LogP contribution < -0.4 is 15.0 Å². The average molecular weight is 410 g/mol. The van der Waals surface area contributed by atoms with Gasteiger partial charge in [-0.2, -0.15) is 0 Å². The van der Waals surface area contributed by atoms with Crippen LogP contribution >= 0.6 is 0 Å². The Bertz CT molecular complexity index is 829. The molecule has 160 valence electrons. The minimum atomic E-state index is -0.582. The zero-order valence-electron chi connectivity index (χ0n) is 17.7. The van der Waals surface area contributed by atoms with E-state index in [-0.39, 0.29) is 5.91 Å². The molecule has 3 heterocycles. The maximum atomic E-state index is 13.5. The van der Waals surface area contributed by atoms with Gasteiger partial charge in [-0.05, 0) is 49.8 Å². The summed E-state index contributed by atoms with van der Waals surface area (Å²) in [6.07, 6.45) is 7.22. The maximum Gasteiger partial charge on any atom is 0.230 e. The van der Waals surface area contributed by atoms with Crippen LogP contribution in [0, 0.1) is 5.92 Å². The number of carbonyl (C=O) groups is 1. The lowest BCUT2D eigenvalue weighted by Gasteiger charge is -2.38. The second-order valence-corrected chi connectivity index (χ2v) is 8.25. The Kier molecular flexibility index (Phi) is 6.53. The fraction of sp³-hybridized carbons (Fsp3) is 0.500. The number of carbonyl (C=O) groups excluding carboxylic acids is 1. The van der Waals surface area contributed by atoms with Gasteiger partial charge in [-0.15, -0.1) is 0 Å². The highest BCUT2D eigenvalue weighted by Gasteiger charge is 2.43. The first kappa shape index (κ1) is 20.7. The van der Waals surface area contributed by atoms with Gasteiger partial charge in [0.15, 0.2) is 0 Å². The summed E-state index contributed by atoms with van der Waals surface area (Å²) in [5, 5.41) is 3.29. The Morgan fingerprint density at radius 2 is 1.97 bits per heavy atom. The highest BCUT2D eigenvalue weighted by Crippen LogP contribution is 2.40. The molecule has 2 aromatic rings. The molecule has 0 saturated carbocycles. The molecule has 0 aliphatic carbocycles. The number of para-hydroxylation sites is 1. The van der Waals surface area contributed by atoms with Crippen LogP contribution in [0.2, 0.25) is 0 Å². The third-order valence-electron chi connectivity index (χ3n) is 6.58. The van der Waals surface area contributed by atoms with E-state index < -0.39 is 5.41 Å². The molecule has 2 fully saturated rings. The number of piperidine rings is 1. The number of rotatable bonds is 6. The van der Waals surface area contributed by atoms with Crippen molar-refractivity contribution in [3.05, 3.63) is 54.4 Å². The highest BCUT2D eigenvalue weighted by molar-refractivity contribution is 5.89. The zero-order chi connectivity index (χ0) is 20.8. The molecular formula is C24H31N3O3. The first-order chi connectivity index (χ1) is 14.7. The van der Waals surface area contributed by atoms with Crippen molar-refractivity contribution in [3.63, 3.8) is 0 Å². The quantitative estimate of drug-likeness (QED) is 0.794. The molecule has 30 heavy (non-hydrogen) atoms. The number of benzene rings is 1. The number of nitrogens with one attached hydrogen (secondary N) is 1. The lowest BCUT2D eigenvalue weighted by atomic mass is 9.72. The second kappa shape index (κ2) is 9.47. The van der Waals surface area contributed by atoms with Crippen molar-refractivity contribution in [1.82, 2.24) is 10.3 Å². The highest BCUT2D eigenvalue weighted by atomic mass is 16.5. The molecule has 2 saturated heterocycles. The van der Waals surface area contributed by atoms with Crippen LogP contribution in [0.15, 0.2) is 48.8 Å². The van der Waals surface area contributed by atoms with Gasteiger partial charge in [0.05, 0.1) is 24.4 Å². The van der Waals surface area contributed by atoms with E-state index in [2.05, 4.69) is 21.3 Å². The predicted octanol–water partition coefficient (Wildman–Crippen LogP) is 3.17. The summed E-state index contributed by atoms with van der Waals surface area (Å²) in [6, 6.07) is 12.0. The van der Waals surface area contributed by atoms with E-state index in [0.717, 1.165) is 43.8 Å². The number of pyridine rings is 1. The number of anilines is 1. The topological polar surface area (TPSA) is 63.7 Å². The van der Waals surface area contributed by atoms with Crippen LogP contribution in [-0.2, 0) is 14.9 Å². The molecule has 1 amide bonds. The monoisotopic (exact) mass is 409 g/mol. The maximum absolute atomic E-state index is 13.5. The minimum Gasteiger partial charge on any atom is -0.496 e. The molecule has 0 unspecified atom stereocenters. The second-order valence-electron chi connectivity index (χ2n) is 8.25. The van der Waals surface area contributed by atoms with Gasteiger partial charge in [-0.1, -0.05) is 18.2 Å². The summed E-state index contributed by atoms with van der Waals surface area (Å²) in [7, 11) is 1.67. The van der Waals surface area contributed by atoms with Crippen LogP contribution in [0.1, 0.15) is 31.2 Å². The largest absolute Gasteiger partial charge is 0.496 e. The van der Waals surface area contributed by atoms with E-state index in [1.807, 2.05) is 36.5 Å². The van der Waals surface area contributed by atoms with Gasteiger partial charge in [0.25, 0.3) is 0 Å². The molecule has 1 aromatic heterocycles. The Balaban J connectivity index is 1.39. The normalized spacial score (nSPS) is 19.3. The van der Waals surface area contributed by atoms with Gasteiger partial charge in [0.2, 0.25) is 5.91 Å². The molecule has 0 spiro atoms. The molecule has 4 rings (SSSR count). The zero-order valence-corrected chi connectivity index (χ0v) is 17.7. The molecule has 6 heteroatoms. The number of ether oxygens (including phenoxy) is 2. The molecule has 2 aliphatic heterocycles. The van der Waals surface area contributed by atoms with Crippen LogP contribution in [0.4, 0.5) is 5.69 Å². The molecule has 6 nitrogen and oxygen atoms in total. The van der Waals surface area contributed by atoms with Crippen molar-refractivity contribution < 1.29 is 14.3 Å². The number of nitrogens with zero attached hydrogens (tertiary/aromatic N) is 2. The van der Waals surface area contributed by atoms with Gasteiger partial charge in [-0.25, -0.2) is 0 Å². The van der Waals surface area contributed by atoms with E-state index in [0.29, 0.717) is 32.0 Å². The van der Waals surface area contributed by atoms with Gasteiger partial charge in [0, 0.05) is 44.6 Å². The lowest BCUT2D eigenvalue weighted by Crippen LogP contribution is -2.50. The first-order valence-electron chi connectivity index (χ1n) is 10.9. The van der Waals surface area contributed by atoms with Crippen molar-refractivity contribution in [3.8, 4) is 5.75 Å². The lowest BCUT2D eigenvalue weighted by molar-refractivity contribution is -0.130. The fourth-order valence-corrected chi connectivity index (χ4v) is 4.72. The number of hydrogen-bond acceptors (Lipinski definition) is 5. The number of hydrogen-bond donors (Lipinski definition) is 1. The van der Waals surface area contributed by atoms with E-state index in [1.54, 1.807) is 13.3 Å². The summed E-state index contributed by atoms with van der Waals surface area (Å²) in [6.45, 7) is 3.90. The fourth-order valence-electron chi connectivity index (χ4n) is 4.72. The average Bonchev–Trinajstić information content (AvgIpc) is 2.83. The standard InChI is InChI=1S/C24H31N3O3/c1-29-22-7-3-2-6-21(22)24(10-15-30-16-11-24)23(28)26-17-19-8-13-27(14-9-19)20-5-4-12-25-18-20/h2-7,12,18-19H,8-11,13-17H2,1H3,(H,26,28). The molecule has 1 aromatic carbocycles. The Labute approximate surface area is 178 Å². The molecule has 0 radical (unpaired) electrons. The van der Waals surface area contributed by atoms with E-state index in [9.17, 15) is 4.79 Å². The van der Waals surface area contributed by atoms with Crippen LogP contribution in [0.25, 0.3) is 0 Å². The van der Waals surface area contributed by atoms with Crippen molar-refractivity contribution in [2.24, 2.45) is 5.92 Å². The molecule has 2 aliphatic rings. The summed E-state index contributed by atoms with van der Waals surface area (Å²) in [5.41, 5.74) is 1.57. The molecule has 1 N–H and O–H groups in total. The third kappa shape index (κ3) is 4.29. The van der Waals surface area contributed by atoms with Crippen LogP contribution in [-0.4, -0.2) is 50.8 Å². The number of aromatic nitrogens is 1. The predicted molar refractivity (Wildman–Crippen MR) is 117 cm³/mol. The smallest absolute Gasteiger partial charge is 0.230 e. The minimum absolute atomic E-state index is 0.102. The first-order valence-corrected chi connectivity index (χ1v) is 10.9. The van der Waals surface area contributed by atoms with Gasteiger partial charge >= 0.3 is 0 Å². The SMILES string of the molecule is COc1ccccc1C1(C(=O)NCC2CCN(c3cccnc3)CC2)CCOCC1. The van der Waals surface area contributed by atoms with Crippen molar-refractivity contribution in [1.29, 1.82) is 0 Å². The summed E-state index contributed by atoms with van der Waals surface area (Å²) < 4.78 is 11.2. The number of amides is 1. The third-order valence-corrected chi connectivity index (χ3v) is 6.58. The Morgan fingerprint density at radius 1 is 1.20 bits per heavy atom. The molecule has 0 atom stereocenters. The van der Waals surface area contributed by atoms with E-state index in [4.69, 9.17) is 9.47 Å². The van der Waals surface area contributed by atoms with E-state index >= 15 is 0 Å². The van der Waals surface area contributed by atoms with Gasteiger partial charge < -0.3 is 19.7 Å².